The average molecular weight is 337 g/mol. The third-order valence-electron chi connectivity index (χ3n) is 4.07. The van der Waals surface area contributed by atoms with Crippen LogP contribution in [0.25, 0.3) is 0 Å². The van der Waals surface area contributed by atoms with Crippen LogP contribution in [0.4, 0.5) is 19.3 Å². The van der Waals surface area contributed by atoms with Crippen molar-refractivity contribution in [1.82, 2.24) is 5.32 Å². The van der Waals surface area contributed by atoms with Crippen molar-refractivity contribution in [3.8, 4) is 0 Å². The van der Waals surface area contributed by atoms with Crippen LogP contribution in [0, 0.1) is 11.6 Å². The summed E-state index contributed by atoms with van der Waals surface area (Å²) in [5, 5.41) is 5.95. The molecule has 0 bridgehead atoms. The monoisotopic (exact) mass is 336 g/mol. The first-order valence-corrected chi connectivity index (χ1v) is 7.62. The number of hydrogen-bond donors (Lipinski definition) is 2. The Morgan fingerprint density at radius 3 is 2.39 bits per heavy atom. The van der Waals surface area contributed by atoms with E-state index in [9.17, 15) is 13.6 Å². The lowest BCUT2D eigenvalue weighted by atomic mass is 9.96. The molecule has 0 heterocycles. The minimum absolute atomic E-state index is 0.0595. The van der Waals surface area contributed by atoms with Gasteiger partial charge in [-0.1, -0.05) is 23.7 Å². The minimum Gasteiger partial charge on any atom is -0.337 e. The van der Waals surface area contributed by atoms with E-state index in [1.807, 2.05) is 24.3 Å². The standard InChI is InChI=1S/C17H15ClF2N2O/c18-12-3-1-11(2-4-12)17(7-8-17)10-21-16(23)22-13-5-6-14(19)15(20)9-13/h1-6,9H,7-8,10H2,(H2,21,22,23). The molecular formula is C17H15ClF2N2O. The van der Waals surface area contributed by atoms with Crippen molar-refractivity contribution >= 4 is 23.3 Å². The van der Waals surface area contributed by atoms with Crippen LogP contribution in [0.1, 0.15) is 18.4 Å². The fourth-order valence-corrected chi connectivity index (χ4v) is 2.65. The predicted octanol–water partition coefficient (Wildman–Crippen LogP) is 4.47. The van der Waals surface area contributed by atoms with Gasteiger partial charge in [-0.25, -0.2) is 13.6 Å². The molecule has 0 spiro atoms. The van der Waals surface area contributed by atoms with E-state index in [1.54, 1.807) is 0 Å². The molecule has 0 aromatic heterocycles. The van der Waals surface area contributed by atoms with Crippen LogP contribution in [0.5, 0.6) is 0 Å². The maximum absolute atomic E-state index is 13.1. The molecule has 0 atom stereocenters. The molecule has 1 saturated carbocycles. The second kappa shape index (κ2) is 6.16. The van der Waals surface area contributed by atoms with E-state index in [-0.39, 0.29) is 11.1 Å². The van der Waals surface area contributed by atoms with Gasteiger partial charge in [-0.3, -0.25) is 0 Å². The van der Waals surface area contributed by atoms with Gasteiger partial charge in [-0.2, -0.15) is 0 Å². The zero-order chi connectivity index (χ0) is 16.4. The van der Waals surface area contributed by atoms with E-state index in [0.717, 1.165) is 30.5 Å². The lowest BCUT2D eigenvalue weighted by Crippen LogP contribution is -2.35. The number of amides is 2. The number of rotatable bonds is 4. The van der Waals surface area contributed by atoms with Gasteiger partial charge in [0.15, 0.2) is 11.6 Å². The third-order valence-corrected chi connectivity index (χ3v) is 4.33. The summed E-state index contributed by atoms with van der Waals surface area (Å²) >= 11 is 5.89. The quantitative estimate of drug-likeness (QED) is 0.849. The normalized spacial score (nSPS) is 15.1. The fraction of sp³-hybridized carbons (Fsp3) is 0.235. The van der Waals surface area contributed by atoms with Crippen molar-refractivity contribution < 1.29 is 13.6 Å². The molecule has 23 heavy (non-hydrogen) atoms. The van der Waals surface area contributed by atoms with Gasteiger partial charge in [0.05, 0.1) is 0 Å². The van der Waals surface area contributed by atoms with Crippen LogP contribution in [-0.2, 0) is 5.41 Å². The highest BCUT2D eigenvalue weighted by Crippen LogP contribution is 2.47. The maximum Gasteiger partial charge on any atom is 0.319 e. The maximum atomic E-state index is 13.1. The van der Waals surface area contributed by atoms with Gasteiger partial charge < -0.3 is 10.6 Å². The van der Waals surface area contributed by atoms with Crippen LogP contribution < -0.4 is 10.6 Å². The molecule has 3 nitrogen and oxygen atoms in total. The molecule has 1 fully saturated rings. The Hall–Kier alpha value is -2.14. The topological polar surface area (TPSA) is 41.1 Å². The Morgan fingerprint density at radius 1 is 1.09 bits per heavy atom. The summed E-state index contributed by atoms with van der Waals surface area (Å²) in [7, 11) is 0. The van der Waals surface area contributed by atoms with E-state index in [0.29, 0.717) is 11.6 Å². The van der Waals surface area contributed by atoms with E-state index in [2.05, 4.69) is 10.6 Å². The van der Waals surface area contributed by atoms with Crippen LogP contribution in [0.3, 0.4) is 0 Å². The highest BCUT2D eigenvalue weighted by atomic mass is 35.5. The van der Waals surface area contributed by atoms with Gasteiger partial charge in [-0.05, 0) is 42.7 Å². The number of hydrogen-bond acceptors (Lipinski definition) is 1. The predicted molar refractivity (Wildman–Crippen MR) is 85.7 cm³/mol. The molecule has 0 aliphatic heterocycles. The van der Waals surface area contributed by atoms with Gasteiger partial charge in [0, 0.05) is 28.7 Å². The highest BCUT2D eigenvalue weighted by molar-refractivity contribution is 6.30. The van der Waals surface area contributed by atoms with Gasteiger partial charge in [0.1, 0.15) is 0 Å². The second-order valence-corrected chi connectivity index (χ2v) is 6.16. The van der Waals surface area contributed by atoms with Crippen molar-refractivity contribution in [2.75, 3.05) is 11.9 Å². The second-order valence-electron chi connectivity index (χ2n) is 5.72. The molecule has 3 rings (SSSR count). The summed E-state index contributed by atoms with van der Waals surface area (Å²) in [5.41, 5.74) is 1.28. The molecule has 1 aliphatic rings. The number of anilines is 1. The van der Waals surface area contributed by atoms with Crippen LogP contribution >= 0.6 is 11.6 Å². The molecule has 2 N–H and O–H groups in total. The lowest BCUT2D eigenvalue weighted by Gasteiger charge is -2.17. The molecule has 0 radical (unpaired) electrons. The molecule has 2 aromatic rings. The van der Waals surface area contributed by atoms with Crippen molar-refractivity contribution in [1.29, 1.82) is 0 Å². The fourth-order valence-electron chi connectivity index (χ4n) is 2.52. The number of halogens is 3. The molecule has 2 amide bonds. The van der Waals surface area contributed by atoms with Crippen LogP contribution in [-0.4, -0.2) is 12.6 Å². The van der Waals surface area contributed by atoms with Crippen molar-refractivity contribution in [2.45, 2.75) is 18.3 Å². The van der Waals surface area contributed by atoms with E-state index in [4.69, 9.17) is 11.6 Å². The lowest BCUT2D eigenvalue weighted by molar-refractivity contribution is 0.251. The number of benzene rings is 2. The smallest absolute Gasteiger partial charge is 0.319 e. The minimum atomic E-state index is -0.998. The molecule has 120 valence electrons. The first kappa shape index (κ1) is 15.7. The molecule has 2 aromatic carbocycles. The summed E-state index contributed by atoms with van der Waals surface area (Å²) in [6.45, 7) is 0.476. The zero-order valence-corrected chi connectivity index (χ0v) is 13.0. The average Bonchev–Trinajstić information content (AvgIpc) is 3.31. The van der Waals surface area contributed by atoms with Crippen LogP contribution in [0.15, 0.2) is 42.5 Å². The Balaban J connectivity index is 1.58. The first-order valence-electron chi connectivity index (χ1n) is 7.24. The number of urea groups is 1. The summed E-state index contributed by atoms with van der Waals surface area (Å²) in [6, 6.07) is 10.4. The Labute approximate surface area is 137 Å². The summed E-state index contributed by atoms with van der Waals surface area (Å²) in [6.07, 6.45) is 1.97. The summed E-state index contributed by atoms with van der Waals surface area (Å²) < 4.78 is 26.0. The number of carbonyl (C=O) groups is 1. The first-order chi connectivity index (χ1) is 11.0. The SMILES string of the molecule is O=C(NCC1(c2ccc(Cl)cc2)CC1)Nc1ccc(F)c(F)c1. The molecule has 6 heteroatoms. The van der Waals surface area contributed by atoms with Crippen molar-refractivity contribution in [3.63, 3.8) is 0 Å². The highest BCUT2D eigenvalue weighted by Gasteiger charge is 2.44. The van der Waals surface area contributed by atoms with Crippen molar-refractivity contribution in [3.05, 3.63) is 64.7 Å². The Morgan fingerprint density at radius 2 is 1.78 bits per heavy atom. The van der Waals surface area contributed by atoms with Crippen molar-refractivity contribution in [2.24, 2.45) is 0 Å². The van der Waals surface area contributed by atoms with Gasteiger partial charge in [-0.15, -0.1) is 0 Å². The molecule has 0 saturated heterocycles. The van der Waals surface area contributed by atoms with Crippen LogP contribution in [0.2, 0.25) is 5.02 Å². The van der Waals surface area contributed by atoms with E-state index < -0.39 is 17.7 Å². The summed E-state index contributed by atoms with van der Waals surface area (Å²) in [5.74, 6) is -1.95. The summed E-state index contributed by atoms with van der Waals surface area (Å²) in [4.78, 5) is 11.9. The van der Waals surface area contributed by atoms with Gasteiger partial charge >= 0.3 is 6.03 Å². The Bertz CT molecular complexity index is 730. The number of carbonyl (C=O) groups excluding carboxylic acids is 1. The number of nitrogens with one attached hydrogen (secondary N) is 2. The van der Waals surface area contributed by atoms with E-state index >= 15 is 0 Å². The van der Waals surface area contributed by atoms with Gasteiger partial charge in [0.25, 0.3) is 0 Å². The van der Waals surface area contributed by atoms with Gasteiger partial charge in [0.2, 0.25) is 0 Å². The molecule has 1 aliphatic carbocycles. The Kier molecular flexibility index (Phi) is 4.22. The van der Waals surface area contributed by atoms with E-state index in [1.165, 1.54) is 6.07 Å². The molecule has 0 unspecified atom stereocenters. The molecular weight excluding hydrogens is 322 g/mol. The zero-order valence-electron chi connectivity index (χ0n) is 12.2. The third kappa shape index (κ3) is 3.62. The largest absolute Gasteiger partial charge is 0.337 e.